The van der Waals surface area contributed by atoms with Gasteiger partial charge in [-0.3, -0.25) is 9.10 Å². The van der Waals surface area contributed by atoms with Gasteiger partial charge in [0.25, 0.3) is 0 Å². The molecule has 2 aromatic rings. The Kier molecular flexibility index (Phi) is 4.80. The van der Waals surface area contributed by atoms with E-state index in [2.05, 4.69) is 0 Å². The number of hydrogen-bond donors (Lipinski definition) is 0. The Hall–Kier alpha value is -2.34. The first-order valence-electron chi connectivity index (χ1n) is 8.63. The number of nitrogens with zero attached hydrogens (tertiary/aromatic N) is 2. The number of anilines is 2. The van der Waals surface area contributed by atoms with Gasteiger partial charge in [-0.15, -0.1) is 0 Å². The molecule has 3 rings (SSSR count). The van der Waals surface area contributed by atoms with Crippen LogP contribution in [0.3, 0.4) is 0 Å². The quantitative estimate of drug-likeness (QED) is 0.829. The Morgan fingerprint density at radius 2 is 1.88 bits per heavy atom. The van der Waals surface area contributed by atoms with Crippen molar-refractivity contribution in [1.82, 2.24) is 0 Å². The molecule has 0 saturated heterocycles. The predicted octanol–water partition coefficient (Wildman–Crippen LogP) is 3.05. The number of sulfonamides is 1. The van der Waals surface area contributed by atoms with Crippen molar-refractivity contribution >= 4 is 27.3 Å². The van der Waals surface area contributed by atoms with Crippen molar-refractivity contribution in [3.63, 3.8) is 0 Å². The van der Waals surface area contributed by atoms with Crippen LogP contribution in [0.25, 0.3) is 0 Å². The van der Waals surface area contributed by atoms with Crippen molar-refractivity contribution < 1.29 is 13.2 Å². The van der Waals surface area contributed by atoms with E-state index in [4.69, 9.17) is 0 Å². The van der Waals surface area contributed by atoms with E-state index in [1.54, 1.807) is 11.0 Å². The van der Waals surface area contributed by atoms with Gasteiger partial charge in [0.05, 0.1) is 11.9 Å². The molecule has 0 unspecified atom stereocenters. The smallest absolute Gasteiger partial charge is 0.248 e. The Morgan fingerprint density at radius 1 is 1.19 bits per heavy atom. The summed E-state index contributed by atoms with van der Waals surface area (Å²) in [5.74, 6) is -0.215. The first-order valence-corrected chi connectivity index (χ1v) is 10.5. The molecule has 0 aromatic heterocycles. The van der Waals surface area contributed by atoms with E-state index in [-0.39, 0.29) is 18.5 Å². The number of aryl methyl sites for hydroxylation is 2. The molecule has 0 radical (unpaired) electrons. The van der Waals surface area contributed by atoms with E-state index < -0.39 is 10.0 Å². The highest BCUT2D eigenvalue weighted by Gasteiger charge is 2.33. The van der Waals surface area contributed by atoms with Crippen LogP contribution in [0, 0.1) is 13.8 Å². The predicted molar refractivity (Wildman–Crippen MR) is 105 cm³/mol. The Morgan fingerprint density at radius 3 is 2.54 bits per heavy atom. The topological polar surface area (TPSA) is 57.7 Å². The largest absolute Gasteiger partial charge is 0.307 e. The number of carbonyl (C=O) groups is 1. The minimum atomic E-state index is -3.59. The zero-order chi connectivity index (χ0) is 19.1. The fraction of sp³-hybridized carbons (Fsp3) is 0.350. The lowest BCUT2D eigenvalue weighted by Gasteiger charge is -2.28. The van der Waals surface area contributed by atoms with Gasteiger partial charge in [-0.25, -0.2) is 8.42 Å². The SMILES string of the molecule is Cc1ccc(N(CC(=O)N2c3ccccc3C[C@H]2C)S(C)(=O)=O)c(C)c1. The van der Waals surface area contributed by atoms with Gasteiger partial charge in [0.2, 0.25) is 15.9 Å². The number of amides is 1. The van der Waals surface area contributed by atoms with Gasteiger partial charge in [0.1, 0.15) is 6.54 Å². The maximum absolute atomic E-state index is 13.0. The normalized spacial score (nSPS) is 16.5. The summed E-state index contributed by atoms with van der Waals surface area (Å²) < 4.78 is 26.0. The van der Waals surface area contributed by atoms with E-state index in [1.165, 1.54) is 4.31 Å². The summed E-state index contributed by atoms with van der Waals surface area (Å²) in [4.78, 5) is 14.8. The summed E-state index contributed by atoms with van der Waals surface area (Å²) in [6.45, 7) is 5.59. The van der Waals surface area contributed by atoms with Crippen molar-refractivity contribution in [2.75, 3.05) is 22.0 Å². The molecule has 0 saturated carbocycles. The van der Waals surface area contributed by atoms with E-state index in [1.807, 2.05) is 57.2 Å². The number of hydrogen-bond acceptors (Lipinski definition) is 3. The molecule has 1 amide bonds. The third-order valence-electron chi connectivity index (χ3n) is 4.78. The summed E-state index contributed by atoms with van der Waals surface area (Å²) >= 11 is 0. The van der Waals surface area contributed by atoms with Crippen LogP contribution >= 0.6 is 0 Å². The average molecular weight is 372 g/mol. The molecule has 2 aromatic carbocycles. The van der Waals surface area contributed by atoms with E-state index in [9.17, 15) is 13.2 Å². The monoisotopic (exact) mass is 372 g/mol. The van der Waals surface area contributed by atoms with Gasteiger partial charge >= 0.3 is 0 Å². The molecule has 1 heterocycles. The highest BCUT2D eigenvalue weighted by atomic mass is 32.2. The molecular weight excluding hydrogens is 348 g/mol. The van der Waals surface area contributed by atoms with Crippen molar-refractivity contribution in [1.29, 1.82) is 0 Å². The van der Waals surface area contributed by atoms with E-state index >= 15 is 0 Å². The average Bonchev–Trinajstić information content (AvgIpc) is 2.88. The van der Waals surface area contributed by atoms with Crippen molar-refractivity contribution in [2.45, 2.75) is 33.2 Å². The first-order chi connectivity index (χ1) is 12.2. The molecule has 5 nitrogen and oxygen atoms in total. The van der Waals surface area contributed by atoms with Gasteiger partial charge in [-0.2, -0.15) is 0 Å². The third kappa shape index (κ3) is 3.46. The second kappa shape index (κ2) is 6.76. The van der Waals surface area contributed by atoms with Crippen LogP contribution in [0.15, 0.2) is 42.5 Å². The lowest BCUT2D eigenvalue weighted by Crippen LogP contribution is -2.45. The second-order valence-corrected chi connectivity index (χ2v) is 8.91. The minimum absolute atomic E-state index is 0.0143. The van der Waals surface area contributed by atoms with Crippen molar-refractivity contribution in [3.8, 4) is 0 Å². The van der Waals surface area contributed by atoms with Crippen LogP contribution < -0.4 is 9.21 Å². The summed E-state index contributed by atoms with van der Waals surface area (Å²) in [7, 11) is -3.59. The van der Waals surface area contributed by atoms with Crippen molar-refractivity contribution in [3.05, 3.63) is 59.2 Å². The van der Waals surface area contributed by atoms with Crippen LogP contribution in [0.5, 0.6) is 0 Å². The lowest BCUT2D eigenvalue weighted by atomic mass is 10.1. The van der Waals surface area contributed by atoms with Crippen LogP contribution in [-0.2, 0) is 21.2 Å². The fourth-order valence-corrected chi connectivity index (χ4v) is 4.52. The molecule has 0 fully saturated rings. The van der Waals surface area contributed by atoms with Gasteiger partial charge in [0.15, 0.2) is 0 Å². The van der Waals surface area contributed by atoms with Crippen LogP contribution in [-0.4, -0.2) is 33.2 Å². The van der Waals surface area contributed by atoms with E-state index in [0.29, 0.717) is 5.69 Å². The van der Waals surface area contributed by atoms with Crippen LogP contribution in [0.4, 0.5) is 11.4 Å². The fourth-order valence-electron chi connectivity index (χ4n) is 3.61. The van der Waals surface area contributed by atoms with Gasteiger partial charge in [-0.05, 0) is 50.5 Å². The molecule has 0 N–H and O–H groups in total. The Labute approximate surface area is 155 Å². The second-order valence-electron chi connectivity index (χ2n) is 7.01. The molecule has 26 heavy (non-hydrogen) atoms. The highest BCUT2D eigenvalue weighted by Crippen LogP contribution is 2.32. The summed E-state index contributed by atoms with van der Waals surface area (Å²) in [5.41, 5.74) is 4.42. The molecule has 0 bridgehead atoms. The van der Waals surface area contributed by atoms with Gasteiger partial charge < -0.3 is 4.90 Å². The molecular formula is C20H24N2O3S. The highest BCUT2D eigenvalue weighted by molar-refractivity contribution is 7.92. The third-order valence-corrected chi connectivity index (χ3v) is 5.90. The minimum Gasteiger partial charge on any atom is -0.307 e. The lowest BCUT2D eigenvalue weighted by molar-refractivity contribution is -0.117. The molecule has 1 aliphatic heterocycles. The number of rotatable bonds is 4. The van der Waals surface area contributed by atoms with E-state index in [0.717, 1.165) is 35.1 Å². The number of fused-ring (bicyclic) bond motifs is 1. The van der Waals surface area contributed by atoms with Gasteiger partial charge in [-0.1, -0.05) is 35.9 Å². The zero-order valence-corrected chi connectivity index (χ0v) is 16.4. The van der Waals surface area contributed by atoms with Gasteiger partial charge in [0, 0.05) is 11.7 Å². The molecule has 6 heteroatoms. The van der Waals surface area contributed by atoms with Crippen molar-refractivity contribution in [2.24, 2.45) is 0 Å². The number of para-hydroxylation sites is 1. The molecule has 1 aliphatic rings. The molecule has 138 valence electrons. The standard InChI is InChI=1S/C20H24N2O3S/c1-14-9-10-18(15(2)11-14)21(26(4,24)25)13-20(23)22-16(3)12-17-7-5-6-8-19(17)22/h5-11,16H,12-13H2,1-4H3/t16-/m1/s1. The maximum atomic E-state index is 13.0. The number of carbonyl (C=O) groups excluding carboxylic acids is 1. The van der Waals surface area contributed by atoms with Crippen LogP contribution in [0.2, 0.25) is 0 Å². The molecule has 0 spiro atoms. The maximum Gasteiger partial charge on any atom is 0.248 e. The summed E-state index contributed by atoms with van der Waals surface area (Å²) in [6.07, 6.45) is 1.92. The zero-order valence-electron chi connectivity index (χ0n) is 15.6. The molecule has 0 aliphatic carbocycles. The molecule has 1 atom stereocenters. The Bertz CT molecular complexity index is 953. The van der Waals surface area contributed by atoms with Crippen LogP contribution in [0.1, 0.15) is 23.6 Å². The first kappa shape index (κ1) is 18.5. The summed E-state index contributed by atoms with van der Waals surface area (Å²) in [6, 6.07) is 13.3. The Balaban J connectivity index is 1.94. The number of benzene rings is 2. The summed E-state index contributed by atoms with van der Waals surface area (Å²) in [5, 5.41) is 0.